The van der Waals surface area contributed by atoms with E-state index in [-0.39, 0.29) is 0 Å². The minimum absolute atomic E-state index is 0.297. The molecule has 2 N–H and O–H groups in total. The quantitative estimate of drug-likeness (QED) is 0.867. The van der Waals surface area contributed by atoms with Gasteiger partial charge in [0.05, 0.1) is 0 Å². The Morgan fingerprint density at radius 2 is 2.00 bits per heavy atom. The van der Waals surface area contributed by atoms with Crippen LogP contribution in [0.3, 0.4) is 0 Å². The van der Waals surface area contributed by atoms with Crippen molar-refractivity contribution >= 4 is 23.2 Å². The number of hydrogen-bond acceptors (Lipinski definition) is 2. The van der Waals surface area contributed by atoms with Crippen molar-refractivity contribution < 1.29 is 0 Å². The van der Waals surface area contributed by atoms with Crippen LogP contribution in [0.1, 0.15) is 12.0 Å². The molecule has 0 bridgehead atoms. The number of likely N-dealkylation sites (tertiary alicyclic amines) is 1. The molecule has 0 aliphatic carbocycles. The maximum absolute atomic E-state index is 6.10. The molecule has 1 aliphatic heterocycles. The van der Waals surface area contributed by atoms with Crippen molar-refractivity contribution in [1.82, 2.24) is 4.90 Å². The molecule has 0 radical (unpaired) electrons. The average Bonchev–Trinajstić information content (AvgIpc) is 2.58. The molecule has 4 heteroatoms. The van der Waals surface area contributed by atoms with E-state index in [2.05, 4.69) is 4.90 Å². The molecule has 1 unspecified atom stereocenters. The van der Waals surface area contributed by atoms with Gasteiger partial charge in [-0.15, -0.1) is 0 Å². The Hall–Kier alpha value is -0.280. The molecule has 2 rings (SSSR count). The van der Waals surface area contributed by atoms with Crippen LogP contribution >= 0.6 is 23.2 Å². The summed E-state index contributed by atoms with van der Waals surface area (Å²) < 4.78 is 0. The average molecular weight is 245 g/mol. The summed E-state index contributed by atoms with van der Waals surface area (Å²) in [6, 6.07) is 5.91. The predicted octanol–water partition coefficient (Wildman–Crippen LogP) is 2.53. The van der Waals surface area contributed by atoms with E-state index in [4.69, 9.17) is 28.9 Å². The Labute approximate surface area is 100.0 Å². The first-order valence-electron chi connectivity index (χ1n) is 5.07. The first kappa shape index (κ1) is 11.2. The van der Waals surface area contributed by atoms with Crippen LogP contribution in [0.4, 0.5) is 0 Å². The number of nitrogens with two attached hydrogens (primary N) is 1. The molecule has 1 atom stereocenters. The summed E-state index contributed by atoms with van der Waals surface area (Å²) in [5, 5.41) is 1.48. The summed E-state index contributed by atoms with van der Waals surface area (Å²) in [6.07, 6.45) is 1.06. The first-order valence-corrected chi connectivity index (χ1v) is 5.83. The number of rotatable bonds is 2. The zero-order chi connectivity index (χ0) is 10.8. The number of halogens is 2. The summed E-state index contributed by atoms with van der Waals surface area (Å²) in [4.78, 5) is 2.29. The maximum Gasteiger partial charge on any atom is 0.0465 e. The minimum Gasteiger partial charge on any atom is -0.326 e. The lowest BCUT2D eigenvalue weighted by Crippen LogP contribution is -2.26. The Kier molecular flexibility index (Phi) is 3.52. The van der Waals surface area contributed by atoms with Crippen molar-refractivity contribution in [3.8, 4) is 0 Å². The van der Waals surface area contributed by atoms with E-state index in [0.29, 0.717) is 6.04 Å². The molecule has 1 aromatic rings. The highest BCUT2D eigenvalue weighted by molar-refractivity contribution is 6.35. The smallest absolute Gasteiger partial charge is 0.0465 e. The van der Waals surface area contributed by atoms with Crippen LogP contribution in [0.5, 0.6) is 0 Å². The van der Waals surface area contributed by atoms with Gasteiger partial charge in [-0.1, -0.05) is 29.3 Å². The van der Waals surface area contributed by atoms with Crippen LogP contribution in [0.2, 0.25) is 10.0 Å². The topological polar surface area (TPSA) is 29.3 Å². The lowest BCUT2D eigenvalue weighted by atomic mass is 10.2. The van der Waals surface area contributed by atoms with E-state index < -0.39 is 0 Å². The van der Waals surface area contributed by atoms with Crippen molar-refractivity contribution in [1.29, 1.82) is 0 Å². The van der Waals surface area contributed by atoms with Crippen molar-refractivity contribution in [2.75, 3.05) is 13.1 Å². The van der Waals surface area contributed by atoms with Crippen LogP contribution in [-0.2, 0) is 6.54 Å². The zero-order valence-corrected chi connectivity index (χ0v) is 9.93. The molecule has 1 aliphatic rings. The molecule has 0 saturated carbocycles. The van der Waals surface area contributed by atoms with E-state index >= 15 is 0 Å². The highest BCUT2D eigenvalue weighted by Crippen LogP contribution is 2.26. The number of nitrogens with zero attached hydrogens (tertiary/aromatic N) is 1. The van der Waals surface area contributed by atoms with Gasteiger partial charge in [-0.2, -0.15) is 0 Å². The van der Waals surface area contributed by atoms with E-state index in [1.807, 2.05) is 18.2 Å². The van der Waals surface area contributed by atoms with Gasteiger partial charge in [-0.3, -0.25) is 4.90 Å². The normalized spacial score (nSPS) is 22.2. The summed E-state index contributed by atoms with van der Waals surface area (Å²) >= 11 is 12.2. The van der Waals surface area contributed by atoms with E-state index in [1.165, 1.54) is 0 Å². The maximum atomic E-state index is 6.10. The molecule has 1 fully saturated rings. The van der Waals surface area contributed by atoms with Crippen LogP contribution in [0, 0.1) is 0 Å². The van der Waals surface area contributed by atoms with Gasteiger partial charge in [0, 0.05) is 41.3 Å². The molecule has 1 aromatic carbocycles. The summed E-state index contributed by atoms with van der Waals surface area (Å²) in [5.41, 5.74) is 6.86. The monoisotopic (exact) mass is 244 g/mol. The fraction of sp³-hybridized carbons (Fsp3) is 0.455. The van der Waals surface area contributed by atoms with Gasteiger partial charge in [-0.25, -0.2) is 0 Å². The fourth-order valence-corrected chi connectivity index (χ4v) is 2.43. The van der Waals surface area contributed by atoms with Gasteiger partial charge in [0.2, 0.25) is 0 Å². The van der Waals surface area contributed by atoms with Gasteiger partial charge < -0.3 is 5.73 Å². The highest BCUT2D eigenvalue weighted by atomic mass is 35.5. The lowest BCUT2D eigenvalue weighted by molar-refractivity contribution is 0.327. The van der Waals surface area contributed by atoms with Gasteiger partial charge >= 0.3 is 0 Å². The van der Waals surface area contributed by atoms with E-state index in [0.717, 1.165) is 41.7 Å². The van der Waals surface area contributed by atoms with Gasteiger partial charge in [0.25, 0.3) is 0 Å². The molecule has 0 aromatic heterocycles. The first-order chi connectivity index (χ1) is 7.16. The van der Waals surface area contributed by atoms with Gasteiger partial charge in [0.1, 0.15) is 0 Å². The number of benzene rings is 1. The standard InChI is InChI=1S/C11H14Cl2N2/c12-10-2-1-3-11(13)9(10)7-15-5-4-8(14)6-15/h1-3,8H,4-7,14H2. The third-order valence-corrected chi connectivity index (χ3v) is 3.46. The fourth-order valence-electron chi connectivity index (χ4n) is 1.91. The third kappa shape index (κ3) is 2.64. The van der Waals surface area contributed by atoms with Crippen LogP contribution in [0.25, 0.3) is 0 Å². The second-order valence-electron chi connectivity index (χ2n) is 3.98. The molecule has 2 nitrogen and oxygen atoms in total. The summed E-state index contributed by atoms with van der Waals surface area (Å²) in [7, 11) is 0. The Morgan fingerprint density at radius 3 is 2.53 bits per heavy atom. The third-order valence-electron chi connectivity index (χ3n) is 2.75. The molecule has 0 amide bonds. The van der Waals surface area contributed by atoms with Crippen LogP contribution < -0.4 is 5.73 Å². The zero-order valence-electron chi connectivity index (χ0n) is 8.42. The minimum atomic E-state index is 0.297. The second-order valence-corrected chi connectivity index (χ2v) is 4.80. The van der Waals surface area contributed by atoms with Gasteiger partial charge in [0.15, 0.2) is 0 Å². The SMILES string of the molecule is NC1CCN(Cc2c(Cl)cccc2Cl)C1. The predicted molar refractivity (Wildman–Crippen MR) is 64.3 cm³/mol. The van der Waals surface area contributed by atoms with Crippen molar-refractivity contribution in [3.05, 3.63) is 33.8 Å². The molecule has 1 saturated heterocycles. The summed E-state index contributed by atoms with van der Waals surface area (Å²) in [5.74, 6) is 0. The molecular formula is C11H14Cl2N2. The lowest BCUT2D eigenvalue weighted by Gasteiger charge is -2.16. The Morgan fingerprint density at radius 1 is 1.33 bits per heavy atom. The van der Waals surface area contributed by atoms with Crippen molar-refractivity contribution in [3.63, 3.8) is 0 Å². The van der Waals surface area contributed by atoms with E-state index in [1.54, 1.807) is 0 Å². The number of hydrogen-bond donors (Lipinski definition) is 1. The molecule has 15 heavy (non-hydrogen) atoms. The highest BCUT2D eigenvalue weighted by Gasteiger charge is 2.20. The molecule has 0 spiro atoms. The van der Waals surface area contributed by atoms with Gasteiger partial charge in [-0.05, 0) is 18.6 Å². The molecule has 1 heterocycles. The largest absolute Gasteiger partial charge is 0.326 e. The summed E-state index contributed by atoms with van der Waals surface area (Å²) in [6.45, 7) is 2.76. The second kappa shape index (κ2) is 4.71. The van der Waals surface area contributed by atoms with Crippen molar-refractivity contribution in [2.45, 2.75) is 19.0 Å². The Bertz CT molecular complexity index is 334. The Balaban J connectivity index is 2.10. The van der Waals surface area contributed by atoms with Crippen LogP contribution in [-0.4, -0.2) is 24.0 Å². The molecule has 82 valence electrons. The van der Waals surface area contributed by atoms with Crippen LogP contribution in [0.15, 0.2) is 18.2 Å². The van der Waals surface area contributed by atoms with Crippen molar-refractivity contribution in [2.24, 2.45) is 5.73 Å². The van der Waals surface area contributed by atoms with E-state index in [9.17, 15) is 0 Å². The molecular weight excluding hydrogens is 231 g/mol.